The summed E-state index contributed by atoms with van der Waals surface area (Å²) in [4.78, 5) is 14.7. The molecule has 2 aromatic carbocycles. The Bertz CT molecular complexity index is 1260. The average Bonchev–Trinajstić information content (AvgIpc) is 2.86. The van der Waals surface area contributed by atoms with Gasteiger partial charge in [-0.1, -0.05) is 30.1 Å². The highest BCUT2D eigenvalue weighted by Gasteiger charge is 2.36. The first-order valence-electron chi connectivity index (χ1n) is 12.1. The summed E-state index contributed by atoms with van der Waals surface area (Å²) in [6.45, 7) is 2.63. The fourth-order valence-corrected chi connectivity index (χ4v) is 6.05. The molecule has 38 heavy (non-hydrogen) atoms. The van der Waals surface area contributed by atoms with Crippen molar-refractivity contribution in [1.82, 2.24) is 15.5 Å². The Balaban J connectivity index is 1.83. The van der Waals surface area contributed by atoms with E-state index < -0.39 is 27.5 Å². The number of hydrogen-bond donors (Lipinski definition) is 3. The monoisotopic (exact) mass is 595 g/mol. The average molecular weight is 596 g/mol. The van der Waals surface area contributed by atoms with Crippen molar-refractivity contribution in [3.05, 3.63) is 62.6 Å². The van der Waals surface area contributed by atoms with E-state index >= 15 is 0 Å². The van der Waals surface area contributed by atoms with Crippen LogP contribution in [0, 0.1) is 0 Å². The van der Waals surface area contributed by atoms with Crippen LogP contribution in [0.1, 0.15) is 46.8 Å². The topological polar surface area (TPSA) is 98.7 Å². The highest BCUT2D eigenvalue weighted by Crippen LogP contribution is 2.37. The van der Waals surface area contributed by atoms with Crippen LogP contribution in [0.15, 0.2) is 35.2 Å². The molecular weight excluding hydrogens is 566 g/mol. The molecule has 1 saturated heterocycles. The van der Waals surface area contributed by atoms with Crippen molar-refractivity contribution in [1.29, 1.82) is 0 Å². The minimum atomic E-state index is -4.76. The van der Waals surface area contributed by atoms with Crippen LogP contribution < -0.4 is 10.6 Å². The van der Waals surface area contributed by atoms with E-state index in [0.29, 0.717) is 19.6 Å². The van der Waals surface area contributed by atoms with E-state index in [1.54, 1.807) is 0 Å². The van der Waals surface area contributed by atoms with E-state index in [-0.39, 0.29) is 63.1 Å². The number of carbonyl (C=O) groups is 1. The maximum Gasteiger partial charge on any atom is 0.416 e. The summed E-state index contributed by atoms with van der Waals surface area (Å²) in [5.41, 5.74) is -1.20. The summed E-state index contributed by atoms with van der Waals surface area (Å²) in [5.74, 6) is -1.01. The SMILES string of the molecule is CCS(=O)(=O)c1ccc(Cl)cc1CNC(=O)c1cc(Cl)c(CN2CCC[C@H](NCCO)C2)c(C(F)(F)F)c1. The molecule has 0 aromatic heterocycles. The molecule has 3 rings (SSSR count). The molecule has 0 aliphatic carbocycles. The number of rotatable bonds is 10. The van der Waals surface area contributed by atoms with Crippen molar-refractivity contribution in [2.45, 2.75) is 50.0 Å². The van der Waals surface area contributed by atoms with Crippen molar-refractivity contribution >= 4 is 38.9 Å². The number of carbonyl (C=O) groups excluding carboxylic acids is 1. The van der Waals surface area contributed by atoms with Crippen LogP contribution in [0.3, 0.4) is 0 Å². The van der Waals surface area contributed by atoms with Crippen LogP contribution in [0.2, 0.25) is 10.0 Å². The predicted molar refractivity (Wildman–Crippen MR) is 140 cm³/mol. The molecule has 0 saturated carbocycles. The number of likely N-dealkylation sites (tertiary alicyclic amines) is 1. The van der Waals surface area contributed by atoms with Gasteiger partial charge < -0.3 is 15.7 Å². The summed E-state index contributed by atoms with van der Waals surface area (Å²) in [5, 5.41) is 14.7. The van der Waals surface area contributed by atoms with Crippen molar-refractivity contribution in [3.63, 3.8) is 0 Å². The van der Waals surface area contributed by atoms with Gasteiger partial charge in [0.15, 0.2) is 9.84 Å². The number of hydrogen-bond acceptors (Lipinski definition) is 6. The van der Waals surface area contributed by atoms with Gasteiger partial charge in [-0.25, -0.2) is 8.42 Å². The maximum atomic E-state index is 14.1. The number of nitrogens with one attached hydrogen (secondary N) is 2. The third-order valence-electron chi connectivity index (χ3n) is 6.37. The van der Waals surface area contributed by atoms with E-state index in [1.165, 1.54) is 31.2 Å². The van der Waals surface area contributed by atoms with E-state index in [0.717, 1.165) is 18.9 Å². The lowest BCUT2D eigenvalue weighted by atomic mass is 10.00. The van der Waals surface area contributed by atoms with Gasteiger partial charge in [0.05, 0.1) is 22.8 Å². The van der Waals surface area contributed by atoms with Gasteiger partial charge in [0.25, 0.3) is 5.91 Å². The van der Waals surface area contributed by atoms with E-state index in [2.05, 4.69) is 10.6 Å². The molecule has 0 spiro atoms. The molecule has 1 aliphatic rings. The van der Waals surface area contributed by atoms with Gasteiger partial charge in [-0.2, -0.15) is 13.2 Å². The third kappa shape index (κ3) is 7.83. The molecule has 13 heteroatoms. The number of nitrogens with zero attached hydrogens (tertiary/aromatic N) is 1. The van der Waals surface area contributed by atoms with Crippen LogP contribution in [0.5, 0.6) is 0 Å². The normalized spacial score (nSPS) is 17.0. The lowest BCUT2D eigenvalue weighted by Crippen LogP contribution is -2.46. The highest BCUT2D eigenvalue weighted by molar-refractivity contribution is 7.91. The van der Waals surface area contributed by atoms with Crippen LogP contribution in [-0.2, 0) is 29.1 Å². The Morgan fingerprint density at radius 1 is 1.21 bits per heavy atom. The van der Waals surface area contributed by atoms with Gasteiger partial charge in [0, 0.05) is 47.8 Å². The maximum absolute atomic E-state index is 14.1. The van der Waals surface area contributed by atoms with Gasteiger partial charge in [0.1, 0.15) is 0 Å². The second-order valence-electron chi connectivity index (χ2n) is 9.07. The molecule has 0 bridgehead atoms. The molecule has 1 amide bonds. The lowest BCUT2D eigenvalue weighted by molar-refractivity contribution is -0.138. The number of aliphatic hydroxyl groups excluding tert-OH is 1. The van der Waals surface area contributed by atoms with Crippen LogP contribution in [0.4, 0.5) is 13.2 Å². The lowest BCUT2D eigenvalue weighted by Gasteiger charge is -2.34. The predicted octanol–water partition coefficient (Wildman–Crippen LogP) is 4.28. The van der Waals surface area contributed by atoms with E-state index in [4.69, 9.17) is 28.3 Å². The smallest absolute Gasteiger partial charge is 0.395 e. The van der Waals surface area contributed by atoms with E-state index in [9.17, 15) is 26.4 Å². The summed E-state index contributed by atoms with van der Waals surface area (Å²) < 4.78 is 67.0. The first-order chi connectivity index (χ1) is 17.9. The number of sulfone groups is 1. The Hall–Kier alpha value is -1.89. The Morgan fingerprint density at radius 3 is 2.61 bits per heavy atom. The second kappa shape index (κ2) is 13.0. The number of halogens is 5. The van der Waals surface area contributed by atoms with Crippen LogP contribution >= 0.6 is 23.2 Å². The van der Waals surface area contributed by atoms with E-state index in [1.807, 2.05) is 4.90 Å². The molecule has 2 aromatic rings. The molecule has 7 nitrogen and oxygen atoms in total. The van der Waals surface area contributed by atoms with Gasteiger partial charge in [-0.05, 0) is 60.8 Å². The van der Waals surface area contributed by atoms with Crippen molar-refractivity contribution in [2.75, 3.05) is 32.0 Å². The number of piperidine rings is 1. The van der Waals surface area contributed by atoms with Gasteiger partial charge in [-0.3, -0.25) is 9.69 Å². The largest absolute Gasteiger partial charge is 0.416 e. The zero-order chi connectivity index (χ0) is 28.1. The summed E-state index contributed by atoms with van der Waals surface area (Å²) in [6, 6.07) is 6.14. The molecule has 1 heterocycles. The summed E-state index contributed by atoms with van der Waals surface area (Å²) in [7, 11) is -3.62. The minimum absolute atomic E-state index is 0.0117. The minimum Gasteiger partial charge on any atom is -0.395 e. The van der Waals surface area contributed by atoms with Crippen LogP contribution in [0.25, 0.3) is 0 Å². The zero-order valence-corrected chi connectivity index (χ0v) is 23.1. The second-order valence-corrected chi connectivity index (χ2v) is 12.2. The van der Waals surface area contributed by atoms with Gasteiger partial charge in [-0.15, -0.1) is 0 Å². The first-order valence-corrected chi connectivity index (χ1v) is 14.5. The highest BCUT2D eigenvalue weighted by atomic mass is 35.5. The number of benzene rings is 2. The molecule has 1 aliphatic heterocycles. The number of amides is 1. The summed E-state index contributed by atoms with van der Waals surface area (Å²) >= 11 is 12.3. The van der Waals surface area contributed by atoms with Crippen LogP contribution in [-0.4, -0.2) is 62.4 Å². The Morgan fingerprint density at radius 2 is 1.95 bits per heavy atom. The molecule has 210 valence electrons. The Labute approximate surface area is 230 Å². The first kappa shape index (κ1) is 30.6. The molecular formula is C25H30Cl2F3N3O4S. The quantitative estimate of drug-likeness (QED) is 0.379. The van der Waals surface area contributed by atoms with Gasteiger partial charge >= 0.3 is 6.18 Å². The molecule has 1 atom stereocenters. The summed E-state index contributed by atoms with van der Waals surface area (Å²) in [6.07, 6.45) is -3.12. The third-order valence-corrected chi connectivity index (χ3v) is 8.77. The number of alkyl halides is 3. The molecule has 3 N–H and O–H groups in total. The van der Waals surface area contributed by atoms with Crippen molar-refractivity contribution in [3.8, 4) is 0 Å². The van der Waals surface area contributed by atoms with Crippen molar-refractivity contribution in [2.24, 2.45) is 0 Å². The molecule has 1 fully saturated rings. The molecule has 0 unspecified atom stereocenters. The van der Waals surface area contributed by atoms with Gasteiger partial charge in [0.2, 0.25) is 0 Å². The standard InChI is InChI=1S/C25H30Cl2F3N3O4S/c1-2-38(36,37)23-6-5-18(26)10-17(23)13-32-24(35)16-11-21(25(28,29)30)20(22(27)12-16)15-33-8-3-4-19(14-33)31-7-9-34/h5-6,10-12,19,31,34H,2-4,7-9,13-15H2,1H3,(H,32,35)/t19-/m0/s1. The number of aliphatic hydroxyl groups is 1. The fourth-order valence-electron chi connectivity index (χ4n) is 4.46. The zero-order valence-electron chi connectivity index (χ0n) is 20.7. The fraction of sp³-hybridized carbons (Fsp3) is 0.480. The molecule has 0 radical (unpaired) electrons. The Kier molecular flexibility index (Phi) is 10.5. The van der Waals surface area contributed by atoms with Crippen molar-refractivity contribution < 1.29 is 31.5 Å².